The number of benzene rings is 1. The van der Waals surface area contributed by atoms with Crippen molar-refractivity contribution in [1.29, 1.82) is 0 Å². The average Bonchev–Trinajstić information content (AvgIpc) is 2.46. The van der Waals surface area contributed by atoms with E-state index in [2.05, 4.69) is 15.3 Å². The Balaban J connectivity index is 2.20. The molecule has 2 atom stereocenters. The molecule has 2 aromatic rings. The van der Waals surface area contributed by atoms with Crippen LogP contribution in [0.2, 0.25) is 0 Å². The molecule has 0 bridgehead atoms. The van der Waals surface area contributed by atoms with E-state index in [1.54, 1.807) is 19.9 Å². The van der Waals surface area contributed by atoms with E-state index < -0.39 is 23.8 Å². The molecule has 1 aromatic carbocycles. The number of nitrogens with zero attached hydrogens (tertiary/aromatic N) is 2. The molecule has 1 aromatic heterocycles. The monoisotopic (exact) mass is 323 g/mol. The average molecular weight is 323 g/mol. The fourth-order valence-electron chi connectivity index (χ4n) is 2.25. The first kappa shape index (κ1) is 17.2. The van der Waals surface area contributed by atoms with Crippen LogP contribution < -0.4 is 5.32 Å². The zero-order chi connectivity index (χ0) is 17.0. The first-order chi connectivity index (χ1) is 10.9. The largest absolute Gasteiger partial charge is 0.386 e. The van der Waals surface area contributed by atoms with Gasteiger partial charge < -0.3 is 15.2 Å². The molecule has 0 saturated heterocycles. The third-order valence-corrected chi connectivity index (χ3v) is 3.32. The van der Waals surface area contributed by atoms with Crippen LogP contribution in [0.3, 0.4) is 0 Å². The van der Waals surface area contributed by atoms with Crippen LogP contribution in [0.15, 0.2) is 24.3 Å². The van der Waals surface area contributed by atoms with E-state index in [0.29, 0.717) is 17.3 Å². The maximum Gasteiger partial charge on any atom is 0.156 e. The molecule has 2 unspecified atom stereocenters. The van der Waals surface area contributed by atoms with Crippen molar-refractivity contribution in [2.24, 2.45) is 0 Å². The Kier molecular flexibility index (Phi) is 5.57. The Labute approximate surface area is 133 Å². The van der Waals surface area contributed by atoms with Gasteiger partial charge in [-0.3, -0.25) is 0 Å². The maximum atomic E-state index is 13.8. The summed E-state index contributed by atoms with van der Waals surface area (Å²) >= 11 is 0. The van der Waals surface area contributed by atoms with Gasteiger partial charge in [0.1, 0.15) is 30.2 Å². The Hall–Kier alpha value is -2.12. The van der Waals surface area contributed by atoms with Crippen LogP contribution in [0, 0.1) is 18.6 Å². The Morgan fingerprint density at radius 3 is 2.52 bits per heavy atom. The molecule has 2 rings (SSSR count). The van der Waals surface area contributed by atoms with E-state index in [0.717, 1.165) is 12.1 Å². The van der Waals surface area contributed by atoms with Crippen LogP contribution in [0.4, 0.5) is 14.6 Å². The molecular formula is C16H19F2N3O2. The Morgan fingerprint density at radius 2 is 1.91 bits per heavy atom. The smallest absolute Gasteiger partial charge is 0.156 e. The fraction of sp³-hybridized carbons (Fsp3) is 0.375. The SMILES string of the molecule is COCc1nc(C)cc(NC(C)C(O)c2c(F)cccc2F)n1. The number of aryl methyl sites for hydroxylation is 1. The summed E-state index contributed by atoms with van der Waals surface area (Å²) in [6, 6.07) is 4.50. The summed E-state index contributed by atoms with van der Waals surface area (Å²) in [5.41, 5.74) is 0.351. The number of hydrogen-bond acceptors (Lipinski definition) is 5. The number of anilines is 1. The van der Waals surface area contributed by atoms with Gasteiger partial charge in [-0.1, -0.05) is 6.07 Å². The fourth-order valence-corrected chi connectivity index (χ4v) is 2.25. The van der Waals surface area contributed by atoms with Crippen molar-refractivity contribution in [1.82, 2.24) is 9.97 Å². The number of halogens is 2. The molecule has 2 N–H and O–H groups in total. The highest BCUT2D eigenvalue weighted by Gasteiger charge is 2.23. The molecule has 1 heterocycles. The first-order valence-corrected chi connectivity index (χ1v) is 7.14. The molecule has 5 nitrogen and oxygen atoms in total. The summed E-state index contributed by atoms with van der Waals surface area (Å²) in [5.74, 6) is -0.642. The molecule has 0 amide bonds. The van der Waals surface area contributed by atoms with Crippen molar-refractivity contribution in [2.45, 2.75) is 32.6 Å². The lowest BCUT2D eigenvalue weighted by atomic mass is 10.0. The van der Waals surface area contributed by atoms with Crippen molar-refractivity contribution in [3.8, 4) is 0 Å². The molecule has 7 heteroatoms. The second-order valence-electron chi connectivity index (χ2n) is 5.26. The van der Waals surface area contributed by atoms with Gasteiger partial charge in [0, 0.05) is 18.9 Å². The van der Waals surface area contributed by atoms with Crippen LogP contribution in [-0.4, -0.2) is 28.2 Å². The standard InChI is InChI=1S/C16H19F2N3O2/c1-9-7-13(21-14(19-9)8-23-3)20-10(2)16(22)15-11(17)5-4-6-12(15)18/h4-7,10,16,22H,8H2,1-3H3,(H,19,20,21). The Morgan fingerprint density at radius 1 is 1.26 bits per heavy atom. The van der Waals surface area contributed by atoms with E-state index in [-0.39, 0.29) is 12.2 Å². The van der Waals surface area contributed by atoms with Gasteiger partial charge in [0.15, 0.2) is 5.82 Å². The van der Waals surface area contributed by atoms with Gasteiger partial charge in [0.2, 0.25) is 0 Å². The molecule has 0 aliphatic carbocycles. The number of methoxy groups -OCH3 is 1. The van der Waals surface area contributed by atoms with Crippen molar-refractivity contribution >= 4 is 5.82 Å². The summed E-state index contributed by atoms with van der Waals surface area (Å²) in [7, 11) is 1.53. The molecule has 0 radical (unpaired) electrons. The van der Waals surface area contributed by atoms with Crippen LogP contribution in [0.5, 0.6) is 0 Å². The summed E-state index contributed by atoms with van der Waals surface area (Å²) in [6.07, 6.45) is -1.36. The normalized spacial score (nSPS) is 13.7. The lowest BCUT2D eigenvalue weighted by molar-refractivity contribution is 0.151. The number of aliphatic hydroxyl groups is 1. The number of nitrogens with one attached hydrogen (secondary N) is 1. The molecule has 23 heavy (non-hydrogen) atoms. The summed E-state index contributed by atoms with van der Waals surface area (Å²) in [5, 5.41) is 13.2. The van der Waals surface area contributed by atoms with Crippen LogP contribution in [0.1, 0.15) is 30.1 Å². The molecule has 0 aliphatic heterocycles. The van der Waals surface area contributed by atoms with Crippen molar-refractivity contribution in [3.63, 3.8) is 0 Å². The molecule has 0 fully saturated rings. The Bertz CT molecular complexity index is 662. The summed E-state index contributed by atoms with van der Waals surface area (Å²) < 4.78 is 32.5. The minimum atomic E-state index is -1.36. The van der Waals surface area contributed by atoms with E-state index in [1.165, 1.54) is 13.2 Å². The number of hydrogen-bond donors (Lipinski definition) is 2. The predicted octanol–water partition coefficient (Wildman–Crippen LogP) is 2.74. The van der Waals surface area contributed by atoms with Gasteiger partial charge in [0.25, 0.3) is 0 Å². The highest BCUT2D eigenvalue weighted by molar-refractivity contribution is 5.38. The topological polar surface area (TPSA) is 67.3 Å². The lowest BCUT2D eigenvalue weighted by Crippen LogP contribution is -2.26. The molecule has 0 saturated carbocycles. The highest BCUT2D eigenvalue weighted by atomic mass is 19.1. The number of ether oxygens (including phenoxy) is 1. The minimum absolute atomic E-state index is 0.245. The van der Waals surface area contributed by atoms with Crippen molar-refractivity contribution < 1.29 is 18.6 Å². The van der Waals surface area contributed by atoms with Gasteiger partial charge in [0.05, 0.1) is 11.6 Å². The molecule has 124 valence electrons. The number of aliphatic hydroxyl groups excluding tert-OH is 1. The second kappa shape index (κ2) is 7.43. The maximum absolute atomic E-state index is 13.8. The predicted molar refractivity (Wildman–Crippen MR) is 81.9 cm³/mol. The quantitative estimate of drug-likeness (QED) is 0.855. The zero-order valence-electron chi connectivity index (χ0n) is 13.2. The van der Waals surface area contributed by atoms with Gasteiger partial charge in [-0.25, -0.2) is 18.7 Å². The van der Waals surface area contributed by atoms with Crippen molar-refractivity contribution in [3.05, 3.63) is 53.0 Å². The zero-order valence-corrected chi connectivity index (χ0v) is 13.2. The van der Waals surface area contributed by atoms with Gasteiger partial charge in [-0.05, 0) is 26.0 Å². The van der Waals surface area contributed by atoms with E-state index in [4.69, 9.17) is 4.74 Å². The lowest BCUT2D eigenvalue weighted by Gasteiger charge is -2.22. The van der Waals surface area contributed by atoms with Gasteiger partial charge in [-0.2, -0.15) is 0 Å². The number of aromatic nitrogens is 2. The molecule has 0 spiro atoms. The second-order valence-corrected chi connectivity index (χ2v) is 5.26. The summed E-state index contributed by atoms with van der Waals surface area (Å²) in [6.45, 7) is 3.66. The van der Waals surface area contributed by atoms with Gasteiger partial charge in [-0.15, -0.1) is 0 Å². The van der Waals surface area contributed by atoms with Crippen LogP contribution in [-0.2, 0) is 11.3 Å². The van der Waals surface area contributed by atoms with E-state index >= 15 is 0 Å². The molecular weight excluding hydrogens is 304 g/mol. The first-order valence-electron chi connectivity index (χ1n) is 7.14. The van der Waals surface area contributed by atoms with E-state index in [9.17, 15) is 13.9 Å². The third-order valence-electron chi connectivity index (χ3n) is 3.32. The minimum Gasteiger partial charge on any atom is -0.386 e. The third kappa shape index (κ3) is 4.20. The highest BCUT2D eigenvalue weighted by Crippen LogP contribution is 2.25. The van der Waals surface area contributed by atoms with Crippen LogP contribution >= 0.6 is 0 Å². The van der Waals surface area contributed by atoms with E-state index in [1.807, 2.05) is 0 Å². The molecule has 0 aliphatic rings. The number of rotatable bonds is 6. The van der Waals surface area contributed by atoms with Gasteiger partial charge >= 0.3 is 0 Å². The van der Waals surface area contributed by atoms with Crippen molar-refractivity contribution in [2.75, 3.05) is 12.4 Å². The summed E-state index contributed by atoms with van der Waals surface area (Å²) in [4.78, 5) is 8.44. The van der Waals surface area contributed by atoms with Crippen LogP contribution in [0.25, 0.3) is 0 Å².